The van der Waals surface area contributed by atoms with Gasteiger partial charge in [0.25, 0.3) is 5.97 Å². The van der Waals surface area contributed by atoms with Gasteiger partial charge in [-0.2, -0.15) is 0 Å². The minimum Gasteiger partial charge on any atom is -0.520 e. The molecule has 0 saturated carbocycles. The van der Waals surface area contributed by atoms with Gasteiger partial charge in [0.1, 0.15) is 0 Å². The lowest BCUT2D eigenvalue weighted by Crippen LogP contribution is -2.63. The van der Waals surface area contributed by atoms with Crippen molar-refractivity contribution in [2.75, 3.05) is 0 Å². The highest BCUT2D eigenvalue weighted by Gasteiger charge is 2.60. The number of aliphatic hydroxyl groups is 1. The Kier molecular flexibility index (Phi) is 4.85. The molecular weight excluding hydrogens is 362 g/mol. The molecule has 0 bridgehead atoms. The first-order chi connectivity index (χ1) is 11.2. The number of thioether (sulfide) groups is 1. The Balaban J connectivity index is 1.81. The second kappa shape index (κ2) is 6.47. The van der Waals surface area contributed by atoms with Crippen LogP contribution in [0.4, 0.5) is 0 Å². The summed E-state index contributed by atoms with van der Waals surface area (Å²) in [6.07, 6.45) is -0.447. The Hall–Kier alpha value is -0.833. The zero-order chi connectivity index (χ0) is 17.6. The van der Waals surface area contributed by atoms with Crippen LogP contribution in [0.25, 0.3) is 0 Å². The summed E-state index contributed by atoms with van der Waals surface area (Å²) in [5.41, 5.74) is 0. The van der Waals surface area contributed by atoms with Gasteiger partial charge >= 0.3 is 0 Å². The Morgan fingerprint density at radius 3 is 2.71 bits per heavy atom. The van der Waals surface area contributed by atoms with Gasteiger partial charge in [-0.05, 0) is 38.0 Å². The molecule has 5 nitrogen and oxygen atoms in total. The zero-order valence-corrected chi connectivity index (χ0v) is 16.9. The van der Waals surface area contributed by atoms with Crippen LogP contribution in [0.1, 0.15) is 23.5 Å². The van der Waals surface area contributed by atoms with E-state index in [0.717, 1.165) is 4.88 Å². The van der Waals surface area contributed by atoms with Gasteiger partial charge in [-0.25, -0.2) is 0 Å². The van der Waals surface area contributed by atoms with Crippen LogP contribution >= 0.6 is 23.1 Å². The van der Waals surface area contributed by atoms with Crippen molar-refractivity contribution in [1.82, 2.24) is 4.90 Å². The summed E-state index contributed by atoms with van der Waals surface area (Å²) in [5, 5.41) is 11.9. The maximum Gasteiger partial charge on any atom is 0.294 e. The molecular formula is C16H23NO4S2Si. The van der Waals surface area contributed by atoms with Gasteiger partial charge in [-0.1, -0.05) is 6.07 Å². The van der Waals surface area contributed by atoms with Crippen LogP contribution in [0.2, 0.25) is 19.6 Å². The first-order valence-electron chi connectivity index (χ1n) is 8.10. The lowest BCUT2D eigenvalue weighted by molar-refractivity contribution is -0.160. The summed E-state index contributed by atoms with van der Waals surface area (Å²) in [5.74, 6) is -0.641. The predicted molar refractivity (Wildman–Crippen MR) is 98.3 cm³/mol. The topological polar surface area (TPSA) is 66.8 Å². The molecule has 8 heteroatoms. The number of carbonyl (C=O) groups is 2. The molecule has 1 aromatic heterocycles. The molecule has 0 aliphatic carbocycles. The van der Waals surface area contributed by atoms with Crippen LogP contribution in [0, 0.1) is 5.92 Å². The molecule has 132 valence electrons. The van der Waals surface area contributed by atoms with Crippen LogP contribution < -0.4 is 0 Å². The first-order valence-corrected chi connectivity index (χ1v) is 13.3. The van der Waals surface area contributed by atoms with Gasteiger partial charge < -0.3 is 14.4 Å². The van der Waals surface area contributed by atoms with Gasteiger partial charge in [0.2, 0.25) is 14.2 Å². The Labute approximate surface area is 151 Å². The Morgan fingerprint density at radius 2 is 2.17 bits per heavy atom. The van der Waals surface area contributed by atoms with E-state index in [4.69, 9.17) is 4.43 Å². The average Bonchev–Trinajstić information content (AvgIpc) is 3.01. The Morgan fingerprint density at radius 1 is 1.46 bits per heavy atom. The molecule has 3 heterocycles. The number of amides is 1. The third-order valence-electron chi connectivity index (χ3n) is 4.25. The van der Waals surface area contributed by atoms with E-state index in [9.17, 15) is 14.7 Å². The van der Waals surface area contributed by atoms with E-state index in [1.165, 1.54) is 0 Å². The van der Waals surface area contributed by atoms with E-state index in [2.05, 4.69) is 0 Å². The second-order valence-electron chi connectivity index (χ2n) is 7.33. The minimum absolute atomic E-state index is 0.0470. The predicted octanol–water partition coefficient (Wildman–Crippen LogP) is 2.84. The highest BCUT2D eigenvalue weighted by molar-refractivity contribution is 8.00. The molecule has 1 unspecified atom stereocenters. The fourth-order valence-corrected chi connectivity index (χ4v) is 7.00. The molecule has 1 N–H and O–H groups in total. The summed E-state index contributed by atoms with van der Waals surface area (Å²) in [6.45, 7) is 7.59. The van der Waals surface area contributed by atoms with Gasteiger partial charge in [0.15, 0.2) is 0 Å². The second-order valence-corrected chi connectivity index (χ2v) is 14.0. The standard InChI is InChI=1S/C16H23NO4S2Si/c1-9(18)13-15(20)17-10(8-12(19)21-24(2,3)4)14(23-16(13)17)11-6-5-7-22-11/h5-7,9-10,13-14,16,18H,8H2,1-4H3/t9?,10-,13-,14-,16-/m1/s1. The normalized spacial score (nSPS) is 30.7. The van der Waals surface area contributed by atoms with Gasteiger partial charge in [0, 0.05) is 4.88 Å². The number of hydrogen-bond acceptors (Lipinski definition) is 6. The summed E-state index contributed by atoms with van der Waals surface area (Å²) in [7, 11) is -1.95. The van der Waals surface area contributed by atoms with E-state index >= 15 is 0 Å². The number of hydrogen-bond donors (Lipinski definition) is 1. The number of nitrogens with zero attached hydrogens (tertiary/aromatic N) is 1. The van der Waals surface area contributed by atoms with Crippen molar-refractivity contribution in [3.05, 3.63) is 22.4 Å². The van der Waals surface area contributed by atoms with E-state index < -0.39 is 14.4 Å². The molecule has 5 atom stereocenters. The van der Waals surface area contributed by atoms with Crippen molar-refractivity contribution >= 4 is 43.3 Å². The third kappa shape index (κ3) is 3.29. The van der Waals surface area contributed by atoms with E-state index in [1.54, 1.807) is 34.9 Å². The van der Waals surface area contributed by atoms with Crippen molar-refractivity contribution < 1.29 is 19.1 Å². The fourth-order valence-electron chi connectivity index (χ4n) is 3.31. The lowest BCUT2D eigenvalue weighted by Gasteiger charge is -2.45. The highest BCUT2D eigenvalue weighted by atomic mass is 32.2. The van der Waals surface area contributed by atoms with Crippen LogP contribution in [0.5, 0.6) is 0 Å². The van der Waals surface area contributed by atoms with Crippen molar-refractivity contribution in [2.45, 2.75) is 55.8 Å². The number of carbonyl (C=O) groups excluding carboxylic acids is 2. The largest absolute Gasteiger partial charge is 0.520 e. The van der Waals surface area contributed by atoms with Crippen LogP contribution in [-0.4, -0.2) is 47.7 Å². The molecule has 2 fully saturated rings. The number of fused-ring (bicyclic) bond motifs is 1. The maximum atomic E-state index is 12.5. The molecule has 2 aliphatic rings. The summed E-state index contributed by atoms with van der Waals surface area (Å²) >= 11 is 3.33. The molecule has 1 amide bonds. The van der Waals surface area contributed by atoms with Crippen molar-refractivity contribution in [3.8, 4) is 0 Å². The van der Waals surface area contributed by atoms with Crippen molar-refractivity contribution in [3.63, 3.8) is 0 Å². The quantitative estimate of drug-likeness (QED) is 0.624. The third-order valence-corrected chi connectivity index (χ3v) is 7.86. The molecule has 2 saturated heterocycles. The van der Waals surface area contributed by atoms with Crippen molar-refractivity contribution in [2.24, 2.45) is 5.92 Å². The minimum atomic E-state index is -1.95. The summed E-state index contributed by atoms with van der Waals surface area (Å²) in [4.78, 5) is 27.8. The monoisotopic (exact) mass is 385 g/mol. The highest BCUT2D eigenvalue weighted by Crippen LogP contribution is 2.56. The van der Waals surface area contributed by atoms with Crippen LogP contribution in [-0.2, 0) is 14.0 Å². The smallest absolute Gasteiger partial charge is 0.294 e. The van der Waals surface area contributed by atoms with Crippen LogP contribution in [0.15, 0.2) is 17.5 Å². The van der Waals surface area contributed by atoms with Crippen molar-refractivity contribution in [1.29, 1.82) is 0 Å². The molecule has 1 aromatic rings. The number of rotatable bonds is 5. The molecule has 0 radical (unpaired) electrons. The number of thiophene rings is 1. The van der Waals surface area contributed by atoms with Crippen LogP contribution in [0.3, 0.4) is 0 Å². The fraction of sp³-hybridized carbons (Fsp3) is 0.625. The lowest BCUT2D eigenvalue weighted by atomic mass is 9.89. The number of aliphatic hydroxyl groups excluding tert-OH is 1. The zero-order valence-electron chi connectivity index (χ0n) is 14.3. The number of β-lactam (4-membered cyclic amide) rings is 1. The van der Waals surface area contributed by atoms with E-state index in [1.807, 2.05) is 37.2 Å². The molecule has 2 aliphatic heterocycles. The van der Waals surface area contributed by atoms with Gasteiger partial charge in [0.05, 0.1) is 35.1 Å². The Bertz CT molecular complexity index is 629. The molecule has 24 heavy (non-hydrogen) atoms. The molecule has 0 aromatic carbocycles. The SMILES string of the molecule is CC(O)[C@@H]1C(=O)N2[C@H](CC(=O)O[Si](C)(C)C)[C@H](c3cccs3)S[C@H]12. The van der Waals surface area contributed by atoms with Gasteiger partial charge in [-0.15, -0.1) is 23.1 Å². The maximum absolute atomic E-state index is 12.5. The van der Waals surface area contributed by atoms with E-state index in [0.29, 0.717) is 0 Å². The summed E-state index contributed by atoms with van der Waals surface area (Å²) in [6, 6.07) is 3.85. The average molecular weight is 386 g/mol. The summed E-state index contributed by atoms with van der Waals surface area (Å²) < 4.78 is 5.59. The molecule has 0 spiro atoms. The van der Waals surface area contributed by atoms with E-state index in [-0.39, 0.29) is 40.9 Å². The first kappa shape index (κ1) is 18.0. The van der Waals surface area contributed by atoms with Gasteiger partial charge in [-0.3, -0.25) is 9.59 Å². The molecule has 3 rings (SSSR count).